The molecule has 230 valence electrons. The summed E-state index contributed by atoms with van der Waals surface area (Å²) in [4.78, 5) is 30.7. The van der Waals surface area contributed by atoms with Crippen molar-refractivity contribution in [3.8, 4) is 23.0 Å². The van der Waals surface area contributed by atoms with Gasteiger partial charge in [-0.05, 0) is 79.0 Å². The quantitative estimate of drug-likeness (QED) is 0.0734. The van der Waals surface area contributed by atoms with Crippen LogP contribution in [0.25, 0.3) is 10.9 Å². The first kappa shape index (κ1) is 31.5. The largest absolute Gasteiger partial charge is 0.493 e. The van der Waals surface area contributed by atoms with Gasteiger partial charge < -0.3 is 14.2 Å². The smallest absolute Gasteiger partial charge is 0.163 e. The van der Waals surface area contributed by atoms with Crippen LogP contribution in [0.1, 0.15) is 56.1 Å². The Bertz CT molecular complexity index is 1590. The number of carbonyl (C=O) groups is 2. The number of nitrogens with zero attached hydrogens (tertiary/aromatic N) is 1. The summed E-state index contributed by atoms with van der Waals surface area (Å²) >= 11 is 4.26. The van der Waals surface area contributed by atoms with Crippen molar-refractivity contribution in [1.29, 1.82) is 0 Å². The molecule has 0 unspecified atom stereocenters. The minimum absolute atomic E-state index is 0.0722. The van der Waals surface area contributed by atoms with Crippen LogP contribution in [0, 0.1) is 11.2 Å². The summed E-state index contributed by atoms with van der Waals surface area (Å²) in [5, 5.41) is 0.790. The van der Waals surface area contributed by atoms with Crippen LogP contribution in [-0.2, 0) is 22.4 Å². The summed E-state index contributed by atoms with van der Waals surface area (Å²) in [6.45, 7) is 0.608. The Morgan fingerprint density at radius 1 is 0.818 bits per heavy atom. The first-order valence-corrected chi connectivity index (χ1v) is 15.8. The van der Waals surface area contributed by atoms with Crippen molar-refractivity contribution in [3.63, 3.8) is 0 Å². The standard InChI is InChI=1S/C36H38FNO5S/c1-41-32-23-29-30(24-33(32)42-19-5-3-2-4-6-20-44)38-18-15-31(29)43-28-13-9-26(10-14-28)22-35(40)36(16-17-36)34(39)21-25-7-11-27(37)12-8-25/h7-15,18,23-24,44H,2-6,16-17,19-22H2,1H3. The highest BCUT2D eigenvalue weighted by Crippen LogP contribution is 2.49. The average Bonchev–Trinajstić information content (AvgIpc) is 3.85. The second kappa shape index (κ2) is 14.7. The summed E-state index contributed by atoms with van der Waals surface area (Å²) in [5.74, 6) is 2.91. The molecule has 0 spiro atoms. The molecule has 44 heavy (non-hydrogen) atoms. The van der Waals surface area contributed by atoms with Crippen molar-refractivity contribution < 1.29 is 28.2 Å². The summed E-state index contributed by atoms with van der Waals surface area (Å²) in [6.07, 6.45) is 8.73. The molecule has 0 N–H and O–H groups in total. The highest BCUT2D eigenvalue weighted by atomic mass is 32.1. The number of halogens is 1. The number of pyridine rings is 1. The number of carbonyl (C=O) groups excluding carboxylic acids is 2. The van der Waals surface area contributed by atoms with Crippen molar-refractivity contribution >= 4 is 35.1 Å². The lowest BCUT2D eigenvalue weighted by molar-refractivity contribution is -0.133. The molecule has 0 radical (unpaired) electrons. The number of thiol groups is 1. The molecule has 8 heteroatoms. The number of methoxy groups -OCH3 is 1. The number of aromatic nitrogens is 1. The Morgan fingerprint density at radius 3 is 2.09 bits per heavy atom. The van der Waals surface area contributed by atoms with Crippen LogP contribution in [0.3, 0.4) is 0 Å². The monoisotopic (exact) mass is 615 g/mol. The summed E-state index contributed by atoms with van der Waals surface area (Å²) in [5.41, 5.74) is 1.34. The minimum Gasteiger partial charge on any atom is -0.493 e. The summed E-state index contributed by atoms with van der Waals surface area (Å²) in [6, 6.07) is 18.7. The highest BCUT2D eigenvalue weighted by Gasteiger charge is 2.54. The van der Waals surface area contributed by atoms with E-state index in [2.05, 4.69) is 17.6 Å². The highest BCUT2D eigenvalue weighted by molar-refractivity contribution is 7.80. The van der Waals surface area contributed by atoms with Gasteiger partial charge >= 0.3 is 0 Å². The molecule has 1 heterocycles. The van der Waals surface area contributed by atoms with E-state index in [9.17, 15) is 14.0 Å². The maximum atomic E-state index is 13.2. The molecule has 6 nitrogen and oxygen atoms in total. The predicted octanol–water partition coefficient (Wildman–Crippen LogP) is 8.14. The molecular formula is C36H38FNO5S. The van der Waals surface area contributed by atoms with Gasteiger partial charge in [0.25, 0.3) is 0 Å². The maximum Gasteiger partial charge on any atom is 0.163 e. The third kappa shape index (κ3) is 7.78. The van der Waals surface area contributed by atoms with Crippen molar-refractivity contribution in [3.05, 3.63) is 89.9 Å². The molecule has 1 fully saturated rings. The number of ether oxygens (including phenoxy) is 3. The molecular weight excluding hydrogens is 577 g/mol. The molecule has 0 amide bonds. The third-order valence-corrected chi connectivity index (χ3v) is 8.47. The number of ketones is 2. The van der Waals surface area contributed by atoms with E-state index in [-0.39, 0.29) is 30.2 Å². The van der Waals surface area contributed by atoms with E-state index in [0.717, 1.165) is 41.5 Å². The van der Waals surface area contributed by atoms with Gasteiger partial charge in [0.05, 0.1) is 24.6 Å². The zero-order chi connectivity index (χ0) is 30.9. The molecule has 5 rings (SSSR count). The van der Waals surface area contributed by atoms with Crippen molar-refractivity contribution in [2.45, 2.75) is 57.8 Å². The van der Waals surface area contributed by atoms with E-state index in [1.807, 2.05) is 36.4 Å². The molecule has 0 bridgehead atoms. The fourth-order valence-electron chi connectivity index (χ4n) is 5.37. The lowest BCUT2D eigenvalue weighted by Gasteiger charge is -2.15. The van der Waals surface area contributed by atoms with Crippen LogP contribution in [-0.4, -0.2) is 36.0 Å². The van der Waals surface area contributed by atoms with Gasteiger partial charge in [-0.3, -0.25) is 14.6 Å². The van der Waals surface area contributed by atoms with Crippen molar-refractivity contribution in [2.75, 3.05) is 19.5 Å². The predicted molar refractivity (Wildman–Crippen MR) is 173 cm³/mol. The number of rotatable bonds is 17. The molecule has 1 aliphatic carbocycles. The maximum absolute atomic E-state index is 13.2. The fraction of sp³-hybridized carbons (Fsp3) is 0.361. The Hall–Kier alpha value is -3.91. The van der Waals surface area contributed by atoms with E-state index >= 15 is 0 Å². The van der Waals surface area contributed by atoms with E-state index in [1.54, 1.807) is 31.5 Å². The number of benzene rings is 3. The van der Waals surface area contributed by atoms with Gasteiger partial charge in [0, 0.05) is 30.5 Å². The zero-order valence-corrected chi connectivity index (χ0v) is 25.9. The van der Waals surface area contributed by atoms with E-state index in [1.165, 1.54) is 25.0 Å². The molecule has 1 aliphatic rings. The normalized spacial score (nSPS) is 13.4. The fourth-order valence-corrected chi connectivity index (χ4v) is 5.59. The molecule has 4 aromatic rings. The second-order valence-corrected chi connectivity index (χ2v) is 11.8. The van der Waals surface area contributed by atoms with Crippen molar-refractivity contribution in [1.82, 2.24) is 4.98 Å². The first-order valence-electron chi connectivity index (χ1n) is 15.2. The van der Waals surface area contributed by atoms with Gasteiger partial charge in [-0.25, -0.2) is 4.39 Å². The number of fused-ring (bicyclic) bond motifs is 1. The lowest BCUT2D eigenvalue weighted by atomic mass is 9.88. The van der Waals surface area contributed by atoms with E-state index < -0.39 is 5.41 Å². The van der Waals surface area contributed by atoms with E-state index in [0.29, 0.717) is 48.0 Å². The Kier molecular flexibility index (Phi) is 10.5. The SMILES string of the molecule is COc1cc2c(Oc3ccc(CC(=O)C4(C(=O)Cc5ccc(F)cc5)CC4)cc3)ccnc2cc1OCCCCCCCS. The molecule has 1 saturated carbocycles. The number of hydrogen-bond donors (Lipinski definition) is 1. The molecule has 3 aromatic carbocycles. The lowest BCUT2D eigenvalue weighted by Crippen LogP contribution is -2.28. The second-order valence-electron chi connectivity index (χ2n) is 11.3. The Balaban J connectivity index is 1.20. The van der Waals surface area contributed by atoms with Gasteiger partial charge in [-0.15, -0.1) is 0 Å². The Morgan fingerprint density at radius 2 is 1.45 bits per heavy atom. The van der Waals surface area contributed by atoms with Gasteiger partial charge in [0.2, 0.25) is 0 Å². The number of Topliss-reactive ketones (excluding diaryl/α,β-unsaturated/α-hetero) is 2. The summed E-state index contributed by atoms with van der Waals surface area (Å²) in [7, 11) is 1.62. The van der Waals surface area contributed by atoms with Gasteiger partial charge in [0.1, 0.15) is 17.3 Å². The molecule has 0 saturated heterocycles. The number of hydrogen-bond acceptors (Lipinski definition) is 7. The van der Waals surface area contributed by atoms with Crippen molar-refractivity contribution in [2.24, 2.45) is 5.41 Å². The molecule has 1 aromatic heterocycles. The van der Waals surface area contributed by atoms with Crippen LogP contribution in [0.5, 0.6) is 23.0 Å². The van der Waals surface area contributed by atoms with Gasteiger partial charge in [-0.2, -0.15) is 12.6 Å². The Labute approximate surface area is 263 Å². The van der Waals surface area contributed by atoms with Gasteiger partial charge in [0.15, 0.2) is 23.1 Å². The topological polar surface area (TPSA) is 74.7 Å². The van der Waals surface area contributed by atoms with E-state index in [4.69, 9.17) is 14.2 Å². The van der Waals surface area contributed by atoms with Crippen LogP contribution in [0.15, 0.2) is 72.9 Å². The van der Waals surface area contributed by atoms with Gasteiger partial charge in [-0.1, -0.05) is 43.5 Å². The molecule has 0 aliphatic heterocycles. The van der Waals surface area contributed by atoms with Crippen LogP contribution in [0.2, 0.25) is 0 Å². The molecule has 0 atom stereocenters. The average molecular weight is 616 g/mol. The van der Waals surface area contributed by atoms with Crippen LogP contribution < -0.4 is 14.2 Å². The summed E-state index contributed by atoms with van der Waals surface area (Å²) < 4.78 is 31.1. The van der Waals surface area contributed by atoms with Crippen LogP contribution in [0.4, 0.5) is 4.39 Å². The first-order chi connectivity index (χ1) is 21.4. The third-order valence-electron chi connectivity index (χ3n) is 8.16. The minimum atomic E-state index is -0.923. The van der Waals surface area contributed by atoms with Crippen LogP contribution >= 0.6 is 12.6 Å². The zero-order valence-electron chi connectivity index (χ0n) is 25.0. The number of unbranched alkanes of at least 4 members (excludes halogenated alkanes) is 4.